The van der Waals surface area contributed by atoms with Crippen molar-refractivity contribution in [2.75, 3.05) is 6.61 Å². The topological polar surface area (TPSA) is 66.0 Å². The van der Waals surface area contributed by atoms with E-state index < -0.39 is 0 Å². The minimum absolute atomic E-state index is 0.286. The molecule has 4 nitrogen and oxygen atoms in total. The Hall–Kier alpha value is -3.24. The number of nitrogens with zero attached hydrogens (tertiary/aromatic N) is 2. The molecule has 0 spiro atoms. The van der Waals surface area contributed by atoms with Gasteiger partial charge in [0.05, 0.1) is 11.1 Å². The summed E-state index contributed by atoms with van der Waals surface area (Å²) < 4.78 is 11.1. The third-order valence-corrected chi connectivity index (χ3v) is 2.64. The van der Waals surface area contributed by atoms with E-state index in [4.69, 9.17) is 20.0 Å². The first-order valence-corrected chi connectivity index (χ1v) is 6.22. The minimum atomic E-state index is 0.286. The number of rotatable bonds is 5. The van der Waals surface area contributed by atoms with Gasteiger partial charge in [-0.3, -0.25) is 0 Å². The molecular formula is C17H12N2O2. The fraction of sp³-hybridized carbons (Fsp3) is 0.0588. The Bertz CT molecular complexity index is 739. The molecule has 0 saturated heterocycles. The number of hydrogen-bond donors (Lipinski definition) is 0. The number of benzene rings is 2. The molecule has 0 aliphatic carbocycles. The smallest absolute Gasteiger partial charge is 0.131 e. The average Bonchev–Trinajstić information content (AvgIpc) is 2.53. The summed E-state index contributed by atoms with van der Waals surface area (Å²) in [5.74, 6) is 1.75. The van der Waals surface area contributed by atoms with Crippen LogP contribution in [-0.2, 0) is 0 Å². The number of nitriles is 2. The van der Waals surface area contributed by atoms with Crippen LogP contribution in [0.4, 0.5) is 0 Å². The zero-order valence-electron chi connectivity index (χ0n) is 11.2. The van der Waals surface area contributed by atoms with E-state index in [0.29, 0.717) is 29.4 Å². The van der Waals surface area contributed by atoms with Crippen molar-refractivity contribution >= 4 is 0 Å². The Morgan fingerprint density at radius 2 is 1.67 bits per heavy atom. The first kappa shape index (κ1) is 14.2. The Morgan fingerprint density at radius 1 is 0.952 bits per heavy atom. The molecule has 102 valence electrons. The van der Waals surface area contributed by atoms with E-state index in [1.54, 1.807) is 30.3 Å². The molecule has 0 atom stereocenters. The summed E-state index contributed by atoms with van der Waals surface area (Å²) in [6, 6.07) is 15.8. The van der Waals surface area contributed by atoms with Gasteiger partial charge in [-0.1, -0.05) is 18.7 Å². The van der Waals surface area contributed by atoms with Gasteiger partial charge in [0, 0.05) is 6.07 Å². The molecule has 2 rings (SSSR count). The van der Waals surface area contributed by atoms with Gasteiger partial charge in [-0.2, -0.15) is 10.5 Å². The fourth-order valence-corrected chi connectivity index (χ4v) is 1.70. The normalized spacial score (nSPS) is 9.24. The van der Waals surface area contributed by atoms with Crippen LogP contribution in [0.15, 0.2) is 55.1 Å². The average molecular weight is 276 g/mol. The van der Waals surface area contributed by atoms with Crippen LogP contribution in [0.2, 0.25) is 0 Å². The van der Waals surface area contributed by atoms with Crippen molar-refractivity contribution < 1.29 is 9.47 Å². The highest BCUT2D eigenvalue weighted by atomic mass is 16.5. The van der Waals surface area contributed by atoms with Crippen molar-refractivity contribution in [1.82, 2.24) is 0 Å². The van der Waals surface area contributed by atoms with Gasteiger partial charge in [0.15, 0.2) is 0 Å². The molecule has 0 heterocycles. The Labute approximate surface area is 123 Å². The summed E-state index contributed by atoms with van der Waals surface area (Å²) in [6.45, 7) is 4.00. The molecule has 2 aromatic rings. The molecule has 0 aliphatic rings. The van der Waals surface area contributed by atoms with Crippen molar-refractivity contribution in [3.05, 3.63) is 66.2 Å². The van der Waals surface area contributed by atoms with E-state index in [1.165, 1.54) is 6.07 Å². The van der Waals surface area contributed by atoms with Crippen molar-refractivity contribution in [2.45, 2.75) is 0 Å². The van der Waals surface area contributed by atoms with Crippen LogP contribution in [0.25, 0.3) is 0 Å². The van der Waals surface area contributed by atoms with Gasteiger partial charge in [-0.15, -0.1) is 0 Å². The maximum atomic E-state index is 9.00. The van der Waals surface area contributed by atoms with Gasteiger partial charge in [-0.25, -0.2) is 0 Å². The van der Waals surface area contributed by atoms with E-state index in [2.05, 4.69) is 6.58 Å². The summed E-state index contributed by atoms with van der Waals surface area (Å²) in [4.78, 5) is 0. The van der Waals surface area contributed by atoms with Crippen molar-refractivity contribution in [3.63, 3.8) is 0 Å². The maximum Gasteiger partial charge on any atom is 0.131 e. The summed E-state index contributed by atoms with van der Waals surface area (Å²) >= 11 is 0. The molecule has 0 bridgehead atoms. The summed E-state index contributed by atoms with van der Waals surface area (Å²) in [6.07, 6.45) is 1.66. The van der Waals surface area contributed by atoms with Crippen LogP contribution >= 0.6 is 0 Å². The second-order valence-corrected chi connectivity index (χ2v) is 4.11. The molecule has 4 heteroatoms. The second-order valence-electron chi connectivity index (χ2n) is 4.11. The third kappa shape index (κ3) is 3.62. The Kier molecular flexibility index (Phi) is 4.58. The molecule has 0 N–H and O–H groups in total. The van der Waals surface area contributed by atoms with Gasteiger partial charge in [0.2, 0.25) is 0 Å². The lowest BCUT2D eigenvalue weighted by atomic mass is 10.1. The number of hydrogen-bond acceptors (Lipinski definition) is 4. The molecule has 0 unspecified atom stereocenters. The van der Waals surface area contributed by atoms with Gasteiger partial charge in [-0.05, 0) is 30.3 Å². The van der Waals surface area contributed by atoms with Crippen molar-refractivity contribution in [3.8, 4) is 29.4 Å². The lowest BCUT2D eigenvalue weighted by molar-refractivity contribution is 0.360. The number of ether oxygens (including phenoxy) is 2. The molecule has 0 radical (unpaired) electrons. The van der Waals surface area contributed by atoms with Gasteiger partial charge in [0.1, 0.15) is 36.0 Å². The van der Waals surface area contributed by atoms with Crippen LogP contribution < -0.4 is 9.47 Å². The van der Waals surface area contributed by atoms with Crippen LogP contribution in [-0.4, -0.2) is 6.61 Å². The standard InChI is InChI=1S/C17H12N2O2/c1-2-8-20-15-4-3-5-16(10-15)21-17-7-6-13(11-18)14(9-17)12-19/h2-7,9-10H,1,8H2. The molecular weight excluding hydrogens is 264 g/mol. The second kappa shape index (κ2) is 6.79. The van der Waals surface area contributed by atoms with Gasteiger partial charge in [0.25, 0.3) is 0 Å². The van der Waals surface area contributed by atoms with Gasteiger partial charge >= 0.3 is 0 Å². The third-order valence-electron chi connectivity index (χ3n) is 2.64. The van der Waals surface area contributed by atoms with Crippen LogP contribution in [0.5, 0.6) is 17.2 Å². The van der Waals surface area contributed by atoms with E-state index >= 15 is 0 Å². The molecule has 0 aromatic heterocycles. The predicted molar refractivity (Wildman–Crippen MR) is 78.1 cm³/mol. The van der Waals surface area contributed by atoms with Crippen LogP contribution in [0.3, 0.4) is 0 Å². The highest BCUT2D eigenvalue weighted by molar-refractivity contribution is 5.50. The largest absolute Gasteiger partial charge is 0.489 e. The first-order valence-electron chi connectivity index (χ1n) is 6.22. The molecule has 2 aromatic carbocycles. The predicted octanol–water partition coefficient (Wildman–Crippen LogP) is 3.79. The van der Waals surface area contributed by atoms with Crippen molar-refractivity contribution in [1.29, 1.82) is 10.5 Å². The molecule has 21 heavy (non-hydrogen) atoms. The van der Waals surface area contributed by atoms with E-state index in [1.807, 2.05) is 24.3 Å². The molecule has 0 aliphatic heterocycles. The van der Waals surface area contributed by atoms with Crippen LogP contribution in [0, 0.1) is 22.7 Å². The van der Waals surface area contributed by atoms with Crippen LogP contribution in [0.1, 0.15) is 11.1 Å². The lowest BCUT2D eigenvalue weighted by Gasteiger charge is -2.08. The highest BCUT2D eigenvalue weighted by Gasteiger charge is 2.05. The Morgan fingerprint density at radius 3 is 2.38 bits per heavy atom. The molecule has 0 fully saturated rings. The summed E-state index contributed by atoms with van der Waals surface area (Å²) in [5, 5.41) is 17.9. The Balaban J connectivity index is 2.20. The monoisotopic (exact) mass is 276 g/mol. The molecule has 0 saturated carbocycles. The summed E-state index contributed by atoms with van der Waals surface area (Å²) in [7, 11) is 0. The van der Waals surface area contributed by atoms with E-state index in [0.717, 1.165) is 0 Å². The van der Waals surface area contributed by atoms with Crippen molar-refractivity contribution in [2.24, 2.45) is 0 Å². The highest BCUT2D eigenvalue weighted by Crippen LogP contribution is 2.26. The molecule has 0 amide bonds. The minimum Gasteiger partial charge on any atom is -0.489 e. The summed E-state index contributed by atoms with van der Waals surface area (Å²) in [5.41, 5.74) is 0.613. The quantitative estimate of drug-likeness (QED) is 0.779. The zero-order chi connectivity index (χ0) is 15.1. The maximum absolute atomic E-state index is 9.00. The first-order chi connectivity index (χ1) is 10.3. The zero-order valence-corrected chi connectivity index (χ0v) is 11.2. The fourth-order valence-electron chi connectivity index (χ4n) is 1.70. The van der Waals surface area contributed by atoms with E-state index in [-0.39, 0.29) is 5.56 Å². The van der Waals surface area contributed by atoms with Gasteiger partial charge < -0.3 is 9.47 Å². The SMILES string of the molecule is C=CCOc1cccc(Oc2ccc(C#N)c(C#N)c2)c1. The lowest BCUT2D eigenvalue weighted by Crippen LogP contribution is -1.93. The van der Waals surface area contributed by atoms with E-state index in [9.17, 15) is 0 Å².